The van der Waals surface area contributed by atoms with Crippen LogP contribution in [0.4, 0.5) is 0 Å². The van der Waals surface area contributed by atoms with E-state index in [9.17, 15) is 0 Å². The predicted octanol–water partition coefficient (Wildman–Crippen LogP) is 2.34. The van der Waals surface area contributed by atoms with Crippen LogP contribution in [-0.2, 0) is 20.0 Å². The molecule has 0 saturated carbocycles. The van der Waals surface area contributed by atoms with Gasteiger partial charge < -0.3 is 5.73 Å². The average molecular weight is 285 g/mol. The second kappa shape index (κ2) is 6.25. The molecular formula is C14H25ClN4. The third-order valence-corrected chi connectivity index (χ3v) is 4.74. The molecule has 19 heavy (non-hydrogen) atoms. The van der Waals surface area contributed by atoms with Gasteiger partial charge in [0.2, 0.25) is 0 Å². The van der Waals surface area contributed by atoms with Gasteiger partial charge in [0.1, 0.15) is 0 Å². The van der Waals surface area contributed by atoms with Gasteiger partial charge >= 0.3 is 0 Å². The van der Waals surface area contributed by atoms with Gasteiger partial charge in [0, 0.05) is 32.2 Å². The first-order valence-electron chi connectivity index (χ1n) is 7.24. The molecule has 0 radical (unpaired) electrons. The molecule has 2 N–H and O–H groups in total. The molecule has 1 saturated heterocycles. The Labute approximate surface area is 120 Å². The summed E-state index contributed by atoms with van der Waals surface area (Å²) in [5, 5.41) is 5.33. The Morgan fingerprint density at radius 1 is 1.42 bits per heavy atom. The first-order chi connectivity index (χ1) is 9.08. The lowest BCUT2D eigenvalue weighted by molar-refractivity contribution is 0.0865. The molecule has 0 aliphatic carbocycles. The molecule has 0 aromatic carbocycles. The molecule has 0 amide bonds. The molecule has 2 heterocycles. The number of nitrogens with zero attached hydrogens (tertiary/aromatic N) is 3. The van der Waals surface area contributed by atoms with Gasteiger partial charge in [-0.05, 0) is 26.2 Å². The van der Waals surface area contributed by atoms with E-state index in [0.717, 1.165) is 35.9 Å². The second-order valence-electron chi connectivity index (χ2n) is 5.53. The van der Waals surface area contributed by atoms with E-state index in [0.29, 0.717) is 12.1 Å². The topological polar surface area (TPSA) is 47.1 Å². The molecule has 2 atom stereocenters. The van der Waals surface area contributed by atoms with Gasteiger partial charge in [-0.2, -0.15) is 5.10 Å². The quantitative estimate of drug-likeness (QED) is 0.923. The van der Waals surface area contributed by atoms with E-state index in [2.05, 4.69) is 23.8 Å². The summed E-state index contributed by atoms with van der Waals surface area (Å²) in [4.78, 5) is 2.49. The summed E-state index contributed by atoms with van der Waals surface area (Å²) in [5.41, 5.74) is 8.03. The largest absolute Gasteiger partial charge is 0.329 e. The number of likely N-dealkylation sites (tertiary alicyclic amines) is 1. The van der Waals surface area contributed by atoms with E-state index in [4.69, 9.17) is 17.3 Å². The summed E-state index contributed by atoms with van der Waals surface area (Å²) in [6.07, 6.45) is 4.59. The number of halogens is 1. The summed E-state index contributed by atoms with van der Waals surface area (Å²) in [6, 6.07) is 1.04. The monoisotopic (exact) mass is 284 g/mol. The summed E-state index contributed by atoms with van der Waals surface area (Å²) >= 11 is 6.45. The van der Waals surface area contributed by atoms with Gasteiger partial charge in [-0.25, -0.2) is 0 Å². The minimum atomic E-state index is 0.472. The number of nitrogens with two attached hydrogens (primary N) is 1. The highest BCUT2D eigenvalue weighted by Crippen LogP contribution is 2.28. The maximum atomic E-state index is 6.45. The van der Waals surface area contributed by atoms with Crippen LogP contribution in [0, 0.1) is 0 Å². The molecule has 0 bridgehead atoms. The number of aryl methyl sites for hydroxylation is 2. The van der Waals surface area contributed by atoms with Crippen molar-refractivity contribution in [3.8, 4) is 0 Å². The molecule has 1 aliphatic rings. The van der Waals surface area contributed by atoms with Crippen molar-refractivity contribution in [1.29, 1.82) is 0 Å². The summed E-state index contributed by atoms with van der Waals surface area (Å²) in [6.45, 7) is 5.95. The molecule has 5 heteroatoms. The molecule has 2 unspecified atom stereocenters. The van der Waals surface area contributed by atoms with E-state index in [1.807, 2.05) is 11.7 Å². The summed E-state index contributed by atoms with van der Waals surface area (Å²) in [7, 11) is 1.98. The van der Waals surface area contributed by atoms with Gasteiger partial charge in [-0.1, -0.05) is 24.9 Å². The normalized spacial score (nSPS) is 24.9. The zero-order valence-electron chi connectivity index (χ0n) is 12.2. The minimum absolute atomic E-state index is 0.472. The van der Waals surface area contributed by atoms with Crippen LogP contribution in [-0.4, -0.2) is 33.3 Å². The van der Waals surface area contributed by atoms with E-state index in [1.165, 1.54) is 19.3 Å². The van der Waals surface area contributed by atoms with Crippen LogP contribution >= 0.6 is 11.6 Å². The molecule has 1 aromatic rings. The van der Waals surface area contributed by atoms with E-state index in [1.54, 1.807) is 0 Å². The highest BCUT2D eigenvalue weighted by molar-refractivity contribution is 6.31. The second-order valence-corrected chi connectivity index (χ2v) is 5.90. The highest BCUT2D eigenvalue weighted by Gasteiger charge is 2.28. The maximum absolute atomic E-state index is 6.45. The predicted molar refractivity (Wildman–Crippen MR) is 79.3 cm³/mol. The minimum Gasteiger partial charge on any atom is -0.329 e. The number of aromatic nitrogens is 2. The van der Waals surface area contributed by atoms with Crippen LogP contribution in [0.3, 0.4) is 0 Å². The van der Waals surface area contributed by atoms with Crippen molar-refractivity contribution in [2.75, 3.05) is 6.54 Å². The molecule has 1 aliphatic heterocycles. The Kier molecular flexibility index (Phi) is 4.87. The number of hydrogen-bond acceptors (Lipinski definition) is 3. The maximum Gasteiger partial charge on any atom is 0.0863 e. The number of piperidine rings is 1. The summed E-state index contributed by atoms with van der Waals surface area (Å²) < 4.78 is 1.93. The zero-order valence-corrected chi connectivity index (χ0v) is 13.0. The fourth-order valence-corrected chi connectivity index (χ4v) is 3.40. The lowest BCUT2D eigenvalue weighted by Gasteiger charge is -2.40. The number of hydrogen-bond donors (Lipinski definition) is 1. The van der Waals surface area contributed by atoms with Gasteiger partial charge in [-0.15, -0.1) is 0 Å². The van der Waals surface area contributed by atoms with Crippen molar-refractivity contribution in [3.05, 3.63) is 16.4 Å². The van der Waals surface area contributed by atoms with Crippen molar-refractivity contribution in [3.63, 3.8) is 0 Å². The van der Waals surface area contributed by atoms with Crippen molar-refractivity contribution in [2.24, 2.45) is 12.8 Å². The molecule has 4 nitrogen and oxygen atoms in total. The SMILES string of the molecule is CCc1nn(C)c(CN2C(C)CCCC2CN)c1Cl. The van der Waals surface area contributed by atoms with Crippen LogP contribution < -0.4 is 5.73 Å². The van der Waals surface area contributed by atoms with Gasteiger partial charge in [0.15, 0.2) is 0 Å². The van der Waals surface area contributed by atoms with E-state index < -0.39 is 0 Å². The zero-order chi connectivity index (χ0) is 14.0. The molecular weight excluding hydrogens is 260 g/mol. The van der Waals surface area contributed by atoms with Gasteiger partial charge in [0.25, 0.3) is 0 Å². The number of rotatable bonds is 4. The van der Waals surface area contributed by atoms with Crippen molar-refractivity contribution < 1.29 is 0 Å². The Morgan fingerprint density at radius 3 is 2.74 bits per heavy atom. The lowest BCUT2D eigenvalue weighted by Crippen LogP contribution is -2.48. The fourth-order valence-electron chi connectivity index (χ4n) is 3.04. The molecule has 108 valence electrons. The lowest BCUT2D eigenvalue weighted by atomic mass is 9.96. The van der Waals surface area contributed by atoms with Crippen LogP contribution in [0.25, 0.3) is 0 Å². The highest BCUT2D eigenvalue weighted by atomic mass is 35.5. The molecule has 1 fully saturated rings. The fraction of sp³-hybridized carbons (Fsp3) is 0.786. The average Bonchev–Trinajstić information content (AvgIpc) is 2.68. The van der Waals surface area contributed by atoms with Crippen LogP contribution in [0.1, 0.15) is 44.5 Å². The van der Waals surface area contributed by atoms with Crippen molar-refractivity contribution >= 4 is 11.6 Å². The Morgan fingerprint density at radius 2 is 2.16 bits per heavy atom. The van der Waals surface area contributed by atoms with Crippen molar-refractivity contribution in [1.82, 2.24) is 14.7 Å². The third-order valence-electron chi connectivity index (χ3n) is 4.30. The first-order valence-corrected chi connectivity index (χ1v) is 7.62. The molecule has 0 spiro atoms. The first kappa shape index (κ1) is 14.8. The van der Waals surface area contributed by atoms with Crippen LogP contribution in [0.2, 0.25) is 5.02 Å². The molecule has 2 rings (SSSR count). The molecule has 1 aromatic heterocycles. The Balaban J connectivity index is 2.21. The summed E-state index contributed by atoms with van der Waals surface area (Å²) in [5.74, 6) is 0. The van der Waals surface area contributed by atoms with Crippen LogP contribution in [0.15, 0.2) is 0 Å². The van der Waals surface area contributed by atoms with E-state index >= 15 is 0 Å². The van der Waals surface area contributed by atoms with Crippen molar-refractivity contribution in [2.45, 2.75) is 58.2 Å². The van der Waals surface area contributed by atoms with Gasteiger partial charge in [-0.3, -0.25) is 9.58 Å². The Bertz CT molecular complexity index is 429. The van der Waals surface area contributed by atoms with E-state index in [-0.39, 0.29) is 0 Å². The standard InChI is InChI=1S/C14H25ClN4/c1-4-12-14(15)13(18(3)17-12)9-19-10(2)6-5-7-11(19)8-16/h10-11H,4-9,16H2,1-3H3. The smallest absolute Gasteiger partial charge is 0.0863 e. The third kappa shape index (κ3) is 2.96. The van der Waals surface area contributed by atoms with Crippen LogP contribution in [0.5, 0.6) is 0 Å². The Hall–Kier alpha value is -0.580. The van der Waals surface area contributed by atoms with Gasteiger partial charge in [0.05, 0.1) is 16.4 Å².